The summed E-state index contributed by atoms with van der Waals surface area (Å²) in [5, 5.41) is 11.7. The normalized spacial score (nSPS) is 20.6. The topological polar surface area (TPSA) is 78.6 Å². The molecule has 1 aliphatic heterocycles. The van der Waals surface area contributed by atoms with Gasteiger partial charge in [-0.3, -0.25) is 4.90 Å². The van der Waals surface area contributed by atoms with Crippen LogP contribution < -0.4 is 5.32 Å². The van der Waals surface area contributed by atoms with Gasteiger partial charge in [-0.15, -0.1) is 0 Å². The maximum atomic E-state index is 10.6. The molecule has 0 amide bonds. The summed E-state index contributed by atoms with van der Waals surface area (Å²) in [7, 11) is 0. The number of anilines is 1. The van der Waals surface area contributed by atoms with Crippen LogP contribution in [0.1, 0.15) is 30.3 Å². The van der Waals surface area contributed by atoms with Gasteiger partial charge in [0.25, 0.3) is 6.01 Å². The van der Waals surface area contributed by atoms with Gasteiger partial charge in [-0.2, -0.15) is 4.98 Å². The fraction of sp³-hybridized carbons (Fsp3) is 0.636. The van der Waals surface area contributed by atoms with Crippen LogP contribution in [0, 0.1) is 0 Å². The second-order valence-corrected chi connectivity index (χ2v) is 4.15. The van der Waals surface area contributed by atoms with Gasteiger partial charge in [0.15, 0.2) is 5.69 Å². The molecule has 1 unspecified atom stereocenters. The minimum absolute atomic E-state index is 0.0636. The first-order valence-electron chi connectivity index (χ1n) is 5.87. The number of likely N-dealkylation sites (tertiary alicyclic amines) is 1. The van der Waals surface area contributed by atoms with Crippen LogP contribution >= 0.6 is 0 Å². The van der Waals surface area contributed by atoms with Gasteiger partial charge in [0.1, 0.15) is 6.26 Å². The highest BCUT2D eigenvalue weighted by Crippen LogP contribution is 2.17. The summed E-state index contributed by atoms with van der Waals surface area (Å²) < 4.78 is 5.03. The SMILES string of the molecule is CCN1CCCC1CNc1nc(C(=O)O)co1. The predicted molar refractivity (Wildman–Crippen MR) is 62.2 cm³/mol. The molecule has 1 fully saturated rings. The number of carboxylic acids is 1. The molecular formula is C11H17N3O3. The van der Waals surface area contributed by atoms with Crippen molar-refractivity contribution in [1.82, 2.24) is 9.88 Å². The molecule has 2 rings (SSSR count). The largest absolute Gasteiger partial charge is 0.476 e. The van der Waals surface area contributed by atoms with Crippen molar-refractivity contribution in [1.29, 1.82) is 0 Å². The van der Waals surface area contributed by atoms with E-state index < -0.39 is 5.97 Å². The van der Waals surface area contributed by atoms with Crippen LogP contribution in [-0.4, -0.2) is 46.6 Å². The van der Waals surface area contributed by atoms with Crippen molar-refractivity contribution in [2.75, 3.05) is 25.0 Å². The molecule has 17 heavy (non-hydrogen) atoms. The Morgan fingerprint density at radius 3 is 3.24 bits per heavy atom. The van der Waals surface area contributed by atoms with E-state index in [1.54, 1.807) is 0 Å². The summed E-state index contributed by atoms with van der Waals surface area (Å²) in [6.45, 7) is 5.06. The van der Waals surface area contributed by atoms with Gasteiger partial charge in [0, 0.05) is 12.6 Å². The van der Waals surface area contributed by atoms with Gasteiger partial charge in [-0.25, -0.2) is 4.79 Å². The summed E-state index contributed by atoms with van der Waals surface area (Å²) in [6, 6.07) is 0.769. The van der Waals surface area contributed by atoms with E-state index in [1.165, 1.54) is 6.42 Å². The number of likely N-dealkylation sites (N-methyl/N-ethyl adjacent to an activating group) is 1. The fourth-order valence-electron chi connectivity index (χ4n) is 2.20. The summed E-state index contributed by atoms with van der Waals surface area (Å²) in [6.07, 6.45) is 3.52. The van der Waals surface area contributed by atoms with Crippen LogP contribution in [0.3, 0.4) is 0 Å². The first kappa shape index (κ1) is 11.9. The molecule has 0 aliphatic carbocycles. The van der Waals surface area contributed by atoms with Gasteiger partial charge < -0.3 is 14.8 Å². The monoisotopic (exact) mass is 239 g/mol. The Hall–Kier alpha value is -1.56. The molecule has 0 saturated carbocycles. The lowest BCUT2D eigenvalue weighted by atomic mass is 10.2. The van der Waals surface area contributed by atoms with Crippen molar-refractivity contribution in [3.05, 3.63) is 12.0 Å². The Morgan fingerprint density at radius 2 is 2.59 bits per heavy atom. The van der Waals surface area contributed by atoms with Gasteiger partial charge in [-0.1, -0.05) is 6.92 Å². The predicted octanol–water partition coefficient (Wildman–Crippen LogP) is 1.27. The summed E-state index contributed by atoms with van der Waals surface area (Å²) in [4.78, 5) is 16.8. The van der Waals surface area contributed by atoms with Gasteiger partial charge in [0.05, 0.1) is 0 Å². The number of nitrogens with zero attached hydrogens (tertiary/aromatic N) is 2. The zero-order valence-electron chi connectivity index (χ0n) is 9.85. The van der Waals surface area contributed by atoms with Crippen LogP contribution in [0.4, 0.5) is 6.01 Å². The van der Waals surface area contributed by atoms with E-state index in [1.807, 2.05) is 0 Å². The highest BCUT2D eigenvalue weighted by atomic mass is 16.4. The van der Waals surface area contributed by atoms with E-state index in [0.29, 0.717) is 6.04 Å². The molecule has 1 aromatic heterocycles. The zero-order chi connectivity index (χ0) is 12.3. The maximum Gasteiger partial charge on any atom is 0.357 e. The molecular weight excluding hydrogens is 222 g/mol. The van der Waals surface area contributed by atoms with Crippen molar-refractivity contribution in [3.8, 4) is 0 Å². The first-order chi connectivity index (χ1) is 8.20. The fourth-order valence-corrected chi connectivity index (χ4v) is 2.20. The molecule has 0 spiro atoms. The number of nitrogens with one attached hydrogen (secondary N) is 1. The van der Waals surface area contributed by atoms with E-state index in [2.05, 4.69) is 22.1 Å². The van der Waals surface area contributed by atoms with Crippen LogP contribution in [0.2, 0.25) is 0 Å². The van der Waals surface area contributed by atoms with E-state index >= 15 is 0 Å². The molecule has 2 heterocycles. The van der Waals surface area contributed by atoms with Gasteiger partial charge in [-0.05, 0) is 25.9 Å². The number of carbonyl (C=O) groups is 1. The molecule has 1 saturated heterocycles. The van der Waals surface area contributed by atoms with Crippen molar-refractivity contribution >= 4 is 12.0 Å². The quantitative estimate of drug-likeness (QED) is 0.805. The summed E-state index contributed by atoms with van der Waals surface area (Å²) in [5.74, 6) is -1.07. The Bertz CT molecular complexity index is 391. The molecule has 1 atom stereocenters. The number of hydrogen-bond acceptors (Lipinski definition) is 5. The van der Waals surface area contributed by atoms with Crippen molar-refractivity contribution < 1.29 is 14.3 Å². The highest BCUT2D eigenvalue weighted by molar-refractivity contribution is 5.85. The number of aromatic carboxylic acids is 1. The maximum absolute atomic E-state index is 10.6. The van der Waals surface area contributed by atoms with Crippen molar-refractivity contribution in [3.63, 3.8) is 0 Å². The smallest absolute Gasteiger partial charge is 0.357 e. The number of oxazole rings is 1. The van der Waals surface area contributed by atoms with E-state index in [0.717, 1.165) is 32.3 Å². The van der Waals surface area contributed by atoms with E-state index in [-0.39, 0.29) is 11.7 Å². The lowest BCUT2D eigenvalue weighted by Gasteiger charge is -2.22. The molecule has 1 aliphatic rings. The lowest BCUT2D eigenvalue weighted by molar-refractivity contribution is 0.0690. The number of aromatic nitrogens is 1. The molecule has 6 nitrogen and oxygen atoms in total. The van der Waals surface area contributed by atoms with Gasteiger partial charge in [0.2, 0.25) is 0 Å². The Morgan fingerprint density at radius 1 is 1.76 bits per heavy atom. The molecule has 2 N–H and O–H groups in total. The lowest BCUT2D eigenvalue weighted by Crippen LogP contribution is -2.34. The molecule has 1 aromatic rings. The number of rotatable bonds is 5. The van der Waals surface area contributed by atoms with E-state index in [4.69, 9.17) is 9.52 Å². The average Bonchev–Trinajstić information content (AvgIpc) is 2.95. The Labute approximate surface area is 99.6 Å². The summed E-state index contributed by atoms with van der Waals surface area (Å²) in [5.41, 5.74) is -0.0636. The van der Waals surface area contributed by atoms with Crippen molar-refractivity contribution in [2.24, 2.45) is 0 Å². The zero-order valence-corrected chi connectivity index (χ0v) is 9.85. The molecule has 6 heteroatoms. The Kier molecular flexibility index (Phi) is 3.63. The third kappa shape index (κ3) is 2.76. The molecule has 0 radical (unpaired) electrons. The second kappa shape index (κ2) is 5.18. The molecule has 0 bridgehead atoms. The standard InChI is InChI=1S/C11H17N3O3/c1-2-14-5-3-4-8(14)6-12-11-13-9(7-17-11)10(15)16/h7-8H,2-6H2,1H3,(H,12,13)(H,15,16). The molecule has 94 valence electrons. The third-order valence-electron chi connectivity index (χ3n) is 3.12. The first-order valence-corrected chi connectivity index (χ1v) is 5.87. The van der Waals surface area contributed by atoms with E-state index in [9.17, 15) is 4.79 Å². The van der Waals surface area contributed by atoms with Crippen LogP contribution in [-0.2, 0) is 0 Å². The molecule has 0 aromatic carbocycles. The average molecular weight is 239 g/mol. The Balaban J connectivity index is 1.86. The minimum Gasteiger partial charge on any atom is -0.476 e. The van der Waals surface area contributed by atoms with Crippen LogP contribution in [0.25, 0.3) is 0 Å². The second-order valence-electron chi connectivity index (χ2n) is 4.15. The summed E-state index contributed by atoms with van der Waals surface area (Å²) >= 11 is 0. The van der Waals surface area contributed by atoms with Crippen LogP contribution in [0.15, 0.2) is 10.7 Å². The highest BCUT2D eigenvalue weighted by Gasteiger charge is 2.23. The minimum atomic E-state index is -1.07. The van der Waals surface area contributed by atoms with Crippen molar-refractivity contribution in [2.45, 2.75) is 25.8 Å². The third-order valence-corrected chi connectivity index (χ3v) is 3.12. The van der Waals surface area contributed by atoms with Gasteiger partial charge >= 0.3 is 5.97 Å². The number of carboxylic acid groups (broad SMARTS) is 1. The van der Waals surface area contributed by atoms with Crippen LogP contribution in [0.5, 0.6) is 0 Å². The number of hydrogen-bond donors (Lipinski definition) is 2.